The molecule has 4 rings (SSSR count). The van der Waals surface area contributed by atoms with Gasteiger partial charge in [-0.15, -0.1) is 15.3 Å². The molecule has 1 N–H and O–H groups in total. The molecule has 37 heavy (non-hydrogen) atoms. The summed E-state index contributed by atoms with van der Waals surface area (Å²) in [7, 11) is 3.06. The zero-order chi connectivity index (χ0) is 26.5. The van der Waals surface area contributed by atoms with Gasteiger partial charge in [0.15, 0.2) is 11.5 Å². The number of fused-ring (bicyclic) bond motifs is 1. The van der Waals surface area contributed by atoms with E-state index in [1.807, 2.05) is 0 Å². The second-order valence-electron chi connectivity index (χ2n) is 7.39. The maximum absolute atomic E-state index is 12.4. The van der Waals surface area contributed by atoms with Gasteiger partial charge in [-0.25, -0.2) is 0 Å². The lowest BCUT2D eigenvalue weighted by atomic mass is 10.1. The summed E-state index contributed by atoms with van der Waals surface area (Å²) in [4.78, 5) is 32.8. The second kappa shape index (κ2) is 10.5. The van der Waals surface area contributed by atoms with Crippen molar-refractivity contribution in [2.75, 3.05) is 27.4 Å². The number of hydrogen-bond acceptors (Lipinski definition) is 11. The molecule has 2 heterocycles. The van der Waals surface area contributed by atoms with E-state index in [0.29, 0.717) is 28.5 Å². The summed E-state index contributed by atoms with van der Waals surface area (Å²) in [6, 6.07) is 11.1. The van der Waals surface area contributed by atoms with Crippen molar-refractivity contribution in [1.29, 1.82) is 0 Å². The van der Waals surface area contributed by atoms with E-state index >= 15 is 0 Å². The van der Waals surface area contributed by atoms with Crippen LogP contribution >= 0.6 is 0 Å². The van der Waals surface area contributed by atoms with Crippen LogP contribution in [-0.4, -0.2) is 62.9 Å². The number of benzene rings is 2. The molecule has 0 spiro atoms. The minimum absolute atomic E-state index is 0.00359. The van der Waals surface area contributed by atoms with E-state index in [1.165, 1.54) is 11.6 Å². The van der Waals surface area contributed by atoms with Crippen LogP contribution in [0.25, 0.3) is 17.0 Å². The Labute approximate surface area is 207 Å². The molecule has 0 aliphatic heterocycles. The fraction of sp³-hybridized carbons (Fsp3) is 0.182. The summed E-state index contributed by atoms with van der Waals surface area (Å²) in [5.74, 6) is 0.993. The lowest BCUT2D eigenvalue weighted by Gasteiger charge is -2.10. The Kier molecular flexibility index (Phi) is 7.04. The highest BCUT2D eigenvalue weighted by molar-refractivity contribution is 5.95. The first kappa shape index (κ1) is 24.8. The number of nitrogens with zero attached hydrogens (tertiary/aromatic N) is 6. The molecule has 0 aliphatic carbocycles. The van der Waals surface area contributed by atoms with Crippen molar-refractivity contribution in [3.05, 3.63) is 74.3 Å². The number of rotatable bonds is 10. The van der Waals surface area contributed by atoms with Crippen LogP contribution in [-0.2, 0) is 0 Å². The number of methoxy groups -OCH3 is 2. The smallest absolute Gasteiger partial charge is 0.277 e. The van der Waals surface area contributed by atoms with Crippen LogP contribution < -0.4 is 19.5 Å². The Hall–Kier alpha value is -5.34. The number of nitro benzene ring substituents is 2. The van der Waals surface area contributed by atoms with Crippen LogP contribution in [0.5, 0.6) is 17.4 Å². The number of carbonyl (C=O) groups is 1. The normalized spacial score (nSPS) is 10.6. The molecular weight excluding hydrogens is 490 g/mol. The third kappa shape index (κ3) is 5.34. The van der Waals surface area contributed by atoms with Gasteiger partial charge < -0.3 is 19.5 Å². The largest absolute Gasteiger partial charge is 0.497 e. The SMILES string of the molecule is COc1ccc(-c2nnc3ccc(OCCNC(=O)c4cc([N+](=O)[O-])cc([N+](=O)[O-])c4)nn23)c(OC)c1. The highest BCUT2D eigenvalue weighted by Gasteiger charge is 2.20. The highest BCUT2D eigenvalue weighted by atomic mass is 16.6. The summed E-state index contributed by atoms with van der Waals surface area (Å²) < 4.78 is 17.7. The molecule has 0 unspecified atom stereocenters. The fourth-order valence-corrected chi connectivity index (χ4v) is 3.36. The summed E-state index contributed by atoms with van der Waals surface area (Å²) in [6.07, 6.45) is 0. The van der Waals surface area contributed by atoms with E-state index in [4.69, 9.17) is 14.2 Å². The minimum Gasteiger partial charge on any atom is -0.497 e. The molecule has 0 saturated heterocycles. The fourth-order valence-electron chi connectivity index (χ4n) is 3.36. The maximum atomic E-state index is 12.4. The highest BCUT2D eigenvalue weighted by Crippen LogP contribution is 2.32. The third-order valence-corrected chi connectivity index (χ3v) is 5.11. The van der Waals surface area contributed by atoms with Gasteiger partial charge in [-0.3, -0.25) is 25.0 Å². The van der Waals surface area contributed by atoms with Crippen molar-refractivity contribution >= 4 is 22.9 Å². The number of hydrogen-bond donors (Lipinski definition) is 1. The molecule has 0 saturated carbocycles. The van der Waals surface area contributed by atoms with Crippen LogP contribution in [0, 0.1) is 20.2 Å². The zero-order valence-corrected chi connectivity index (χ0v) is 19.5. The summed E-state index contributed by atoms with van der Waals surface area (Å²) >= 11 is 0. The lowest BCUT2D eigenvalue weighted by Crippen LogP contribution is -2.28. The molecule has 15 heteroatoms. The first-order valence-electron chi connectivity index (χ1n) is 10.6. The van der Waals surface area contributed by atoms with Gasteiger partial charge >= 0.3 is 0 Å². The van der Waals surface area contributed by atoms with Crippen molar-refractivity contribution < 1.29 is 28.9 Å². The Morgan fingerprint density at radius 2 is 1.70 bits per heavy atom. The van der Waals surface area contributed by atoms with E-state index in [2.05, 4.69) is 20.6 Å². The first-order chi connectivity index (χ1) is 17.8. The molecule has 2 aromatic heterocycles. The molecule has 190 valence electrons. The predicted octanol–water partition coefficient (Wildman–Crippen LogP) is 2.43. The molecule has 0 aliphatic rings. The predicted molar refractivity (Wildman–Crippen MR) is 127 cm³/mol. The van der Waals surface area contributed by atoms with Crippen molar-refractivity contribution in [2.24, 2.45) is 0 Å². The van der Waals surface area contributed by atoms with Crippen molar-refractivity contribution in [1.82, 2.24) is 25.1 Å². The quantitative estimate of drug-likeness (QED) is 0.188. The molecule has 0 atom stereocenters. The first-order valence-corrected chi connectivity index (χ1v) is 10.6. The minimum atomic E-state index is -0.810. The van der Waals surface area contributed by atoms with E-state index in [-0.39, 0.29) is 24.6 Å². The number of amides is 1. The second-order valence-corrected chi connectivity index (χ2v) is 7.39. The summed E-state index contributed by atoms with van der Waals surface area (Å²) in [6.45, 7) is -0.0129. The van der Waals surface area contributed by atoms with Crippen LogP contribution in [0.15, 0.2) is 48.5 Å². The Balaban J connectivity index is 1.45. The maximum Gasteiger partial charge on any atom is 0.277 e. The summed E-state index contributed by atoms with van der Waals surface area (Å²) in [5, 5.41) is 37.2. The Bertz CT molecular complexity index is 1470. The number of nitrogens with one attached hydrogen (secondary N) is 1. The monoisotopic (exact) mass is 509 g/mol. The van der Waals surface area contributed by atoms with Crippen LogP contribution in [0.4, 0.5) is 11.4 Å². The van der Waals surface area contributed by atoms with Gasteiger partial charge in [0, 0.05) is 24.3 Å². The van der Waals surface area contributed by atoms with Crippen molar-refractivity contribution in [3.63, 3.8) is 0 Å². The zero-order valence-electron chi connectivity index (χ0n) is 19.5. The van der Waals surface area contributed by atoms with Gasteiger partial charge in [0.1, 0.15) is 18.1 Å². The van der Waals surface area contributed by atoms with E-state index in [1.54, 1.807) is 37.4 Å². The molecule has 0 radical (unpaired) electrons. The van der Waals surface area contributed by atoms with Gasteiger partial charge in [0.05, 0.1) is 47.8 Å². The summed E-state index contributed by atoms with van der Waals surface area (Å²) in [5.41, 5.74) is -0.264. The lowest BCUT2D eigenvalue weighted by molar-refractivity contribution is -0.394. The third-order valence-electron chi connectivity index (χ3n) is 5.11. The number of nitro groups is 2. The standard InChI is InChI=1S/C22H19N7O8/c1-35-16-3-4-17(18(12-16)36-2)21-25-24-19-5-6-20(26-27(19)21)37-8-7-23-22(30)13-9-14(28(31)32)11-15(10-13)29(33)34/h3-6,9-12H,7-8H2,1-2H3,(H,23,30). The number of aromatic nitrogens is 4. The molecular formula is C22H19N7O8. The molecule has 4 aromatic rings. The van der Waals surface area contributed by atoms with Gasteiger partial charge in [-0.2, -0.15) is 4.52 Å². The van der Waals surface area contributed by atoms with Crippen LogP contribution in [0.2, 0.25) is 0 Å². The van der Waals surface area contributed by atoms with E-state index in [0.717, 1.165) is 18.2 Å². The molecule has 1 amide bonds. The van der Waals surface area contributed by atoms with E-state index in [9.17, 15) is 25.0 Å². The van der Waals surface area contributed by atoms with Crippen LogP contribution in [0.3, 0.4) is 0 Å². The Morgan fingerprint density at radius 3 is 2.35 bits per heavy atom. The number of ether oxygens (including phenoxy) is 3. The van der Waals surface area contributed by atoms with Crippen molar-refractivity contribution in [2.45, 2.75) is 0 Å². The van der Waals surface area contributed by atoms with Gasteiger partial charge in [-0.05, 0) is 18.2 Å². The Morgan fingerprint density at radius 1 is 0.973 bits per heavy atom. The molecule has 2 aromatic carbocycles. The molecule has 0 fully saturated rings. The average molecular weight is 509 g/mol. The van der Waals surface area contributed by atoms with Gasteiger partial charge in [-0.1, -0.05) is 0 Å². The molecule has 15 nitrogen and oxygen atoms in total. The van der Waals surface area contributed by atoms with Crippen molar-refractivity contribution in [3.8, 4) is 28.8 Å². The number of non-ortho nitro benzene ring substituents is 2. The average Bonchev–Trinajstić information content (AvgIpc) is 3.33. The van der Waals surface area contributed by atoms with Gasteiger partial charge in [0.25, 0.3) is 17.3 Å². The van der Waals surface area contributed by atoms with E-state index < -0.39 is 27.1 Å². The topological polar surface area (TPSA) is 186 Å². The van der Waals surface area contributed by atoms with Gasteiger partial charge in [0.2, 0.25) is 5.88 Å². The number of carbonyl (C=O) groups excluding carboxylic acids is 1. The molecule has 0 bridgehead atoms. The van der Waals surface area contributed by atoms with Crippen LogP contribution in [0.1, 0.15) is 10.4 Å².